The van der Waals surface area contributed by atoms with Crippen LogP contribution in [0.1, 0.15) is 57.3 Å². The van der Waals surface area contributed by atoms with E-state index in [1.54, 1.807) is 0 Å². The second kappa shape index (κ2) is 5.86. The topological polar surface area (TPSA) is 33.1 Å². The van der Waals surface area contributed by atoms with Crippen molar-refractivity contribution in [1.82, 2.24) is 19.8 Å². The smallest absolute Gasteiger partial charge is 0.127 e. The minimum atomic E-state index is 0.295. The monoisotopic (exact) mass is 276 g/mol. The lowest BCUT2D eigenvalue weighted by molar-refractivity contribution is 0.0747. The van der Waals surface area contributed by atoms with Gasteiger partial charge in [-0.2, -0.15) is 0 Å². The number of nitrogens with zero attached hydrogens (tertiary/aromatic N) is 3. The lowest BCUT2D eigenvalue weighted by atomic mass is 9.85. The predicted octanol–water partition coefficient (Wildman–Crippen LogP) is 2.57. The Labute approximate surface area is 122 Å². The van der Waals surface area contributed by atoms with Crippen molar-refractivity contribution in [2.24, 2.45) is 0 Å². The molecule has 1 aromatic rings. The molecule has 1 N–H and O–H groups in total. The van der Waals surface area contributed by atoms with Crippen LogP contribution in [0.5, 0.6) is 0 Å². The van der Waals surface area contributed by atoms with E-state index in [1.807, 2.05) is 6.20 Å². The van der Waals surface area contributed by atoms with Crippen molar-refractivity contribution in [2.45, 2.75) is 63.6 Å². The minimum absolute atomic E-state index is 0.295. The van der Waals surface area contributed by atoms with Gasteiger partial charge in [-0.25, -0.2) is 4.98 Å². The number of likely N-dealkylation sites (N-methyl/N-ethyl adjacent to an activating group) is 1. The van der Waals surface area contributed by atoms with E-state index in [2.05, 4.69) is 35.0 Å². The molecule has 2 aliphatic rings. The maximum Gasteiger partial charge on any atom is 0.127 e. The molecule has 1 aromatic heterocycles. The van der Waals surface area contributed by atoms with Crippen molar-refractivity contribution in [3.63, 3.8) is 0 Å². The molecule has 1 unspecified atom stereocenters. The van der Waals surface area contributed by atoms with E-state index in [-0.39, 0.29) is 0 Å². The molecule has 1 aliphatic carbocycles. The molecule has 2 fully saturated rings. The number of imidazole rings is 1. The summed E-state index contributed by atoms with van der Waals surface area (Å²) < 4.78 is 2.30. The third-order valence-corrected chi connectivity index (χ3v) is 5.38. The Kier molecular flexibility index (Phi) is 4.13. The summed E-state index contributed by atoms with van der Waals surface area (Å²) in [5, 5.41) is 3.61. The molecular formula is C16H28N4. The van der Waals surface area contributed by atoms with Gasteiger partial charge in [-0.15, -0.1) is 0 Å². The Morgan fingerprint density at radius 1 is 1.25 bits per heavy atom. The van der Waals surface area contributed by atoms with E-state index in [4.69, 9.17) is 4.98 Å². The maximum atomic E-state index is 4.69. The first-order chi connectivity index (χ1) is 9.81. The van der Waals surface area contributed by atoms with E-state index in [1.165, 1.54) is 57.4 Å². The highest BCUT2D eigenvalue weighted by atomic mass is 15.3. The summed E-state index contributed by atoms with van der Waals surface area (Å²) in [5.74, 6) is 1.23. The lowest BCUT2D eigenvalue weighted by Crippen LogP contribution is -2.54. The Morgan fingerprint density at radius 3 is 2.55 bits per heavy atom. The van der Waals surface area contributed by atoms with Gasteiger partial charge in [0.15, 0.2) is 0 Å². The van der Waals surface area contributed by atoms with Crippen LogP contribution in [0.2, 0.25) is 0 Å². The van der Waals surface area contributed by atoms with E-state index < -0.39 is 0 Å². The van der Waals surface area contributed by atoms with Crippen LogP contribution in [0, 0.1) is 0 Å². The Balaban J connectivity index is 1.95. The molecule has 4 heteroatoms. The molecule has 0 spiro atoms. The molecule has 0 amide bonds. The van der Waals surface area contributed by atoms with Gasteiger partial charge in [0.1, 0.15) is 5.82 Å². The van der Waals surface area contributed by atoms with Crippen molar-refractivity contribution in [1.29, 1.82) is 0 Å². The zero-order chi connectivity index (χ0) is 14.0. The summed E-state index contributed by atoms with van der Waals surface area (Å²) in [6.45, 7) is 5.74. The second-order valence-corrected chi connectivity index (χ2v) is 6.30. The molecule has 20 heavy (non-hydrogen) atoms. The zero-order valence-electron chi connectivity index (χ0n) is 12.9. The number of nitrogens with one attached hydrogen (secondary N) is 1. The van der Waals surface area contributed by atoms with Crippen molar-refractivity contribution >= 4 is 0 Å². The standard InChI is InChI=1S/C16H28N4/c1-3-19-13-10-18-15(19)14(17-2)16(8-4-5-9-16)20-11-6-7-12-20/h10,13-14,17H,3-9,11-12H2,1-2H3. The van der Waals surface area contributed by atoms with Crippen LogP contribution in [0.25, 0.3) is 0 Å². The van der Waals surface area contributed by atoms with Crippen molar-refractivity contribution in [3.8, 4) is 0 Å². The van der Waals surface area contributed by atoms with E-state index in [0.717, 1.165) is 6.54 Å². The highest BCUT2D eigenvalue weighted by molar-refractivity contribution is 5.13. The molecule has 2 heterocycles. The summed E-state index contributed by atoms with van der Waals surface area (Å²) >= 11 is 0. The highest BCUT2D eigenvalue weighted by Crippen LogP contribution is 2.45. The van der Waals surface area contributed by atoms with Crippen molar-refractivity contribution in [2.75, 3.05) is 20.1 Å². The molecule has 3 rings (SSSR count). The average molecular weight is 276 g/mol. The Hall–Kier alpha value is -0.870. The maximum absolute atomic E-state index is 4.69. The third kappa shape index (κ3) is 2.19. The van der Waals surface area contributed by atoms with Gasteiger partial charge in [0.2, 0.25) is 0 Å². The van der Waals surface area contributed by atoms with Gasteiger partial charge in [0.25, 0.3) is 0 Å². The van der Waals surface area contributed by atoms with Crippen LogP contribution >= 0.6 is 0 Å². The number of aromatic nitrogens is 2. The summed E-state index contributed by atoms with van der Waals surface area (Å²) in [7, 11) is 2.11. The van der Waals surface area contributed by atoms with Gasteiger partial charge in [0, 0.05) is 24.5 Å². The van der Waals surface area contributed by atoms with Crippen LogP contribution in [-0.4, -0.2) is 40.1 Å². The van der Waals surface area contributed by atoms with Gasteiger partial charge in [-0.05, 0) is 52.7 Å². The highest BCUT2D eigenvalue weighted by Gasteiger charge is 2.48. The minimum Gasteiger partial charge on any atom is -0.334 e. The van der Waals surface area contributed by atoms with Crippen LogP contribution in [0.3, 0.4) is 0 Å². The molecule has 1 atom stereocenters. The number of hydrogen-bond acceptors (Lipinski definition) is 3. The van der Waals surface area contributed by atoms with Gasteiger partial charge < -0.3 is 9.88 Å². The van der Waals surface area contributed by atoms with Gasteiger partial charge in [0.05, 0.1) is 6.04 Å². The second-order valence-electron chi connectivity index (χ2n) is 6.30. The molecule has 1 saturated carbocycles. The van der Waals surface area contributed by atoms with Crippen LogP contribution in [0.4, 0.5) is 0 Å². The first-order valence-electron chi connectivity index (χ1n) is 8.25. The van der Waals surface area contributed by atoms with Crippen LogP contribution in [-0.2, 0) is 6.54 Å². The number of hydrogen-bond donors (Lipinski definition) is 1. The molecule has 0 aromatic carbocycles. The van der Waals surface area contributed by atoms with E-state index in [0.29, 0.717) is 11.6 Å². The molecule has 1 aliphatic heterocycles. The van der Waals surface area contributed by atoms with Crippen molar-refractivity contribution < 1.29 is 0 Å². The molecule has 112 valence electrons. The summed E-state index contributed by atoms with van der Waals surface area (Å²) in [4.78, 5) is 7.45. The van der Waals surface area contributed by atoms with Gasteiger partial charge in [-0.3, -0.25) is 4.90 Å². The predicted molar refractivity (Wildman–Crippen MR) is 81.7 cm³/mol. The van der Waals surface area contributed by atoms with Crippen molar-refractivity contribution in [3.05, 3.63) is 18.2 Å². The Morgan fingerprint density at radius 2 is 1.95 bits per heavy atom. The fourth-order valence-electron chi connectivity index (χ4n) is 4.42. The molecule has 0 radical (unpaired) electrons. The van der Waals surface area contributed by atoms with Gasteiger partial charge in [-0.1, -0.05) is 12.8 Å². The fraction of sp³-hybridized carbons (Fsp3) is 0.812. The average Bonchev–Trinajstić information content (AvgIpc) is 3.21. The fourth-order valence-corrected chi connectivity index (χ4v) is 4.42. The summed E-state index contributed by atoms with van der Waals surface area (Å²) in [5.41, 5.74) is 0.295. The van der Waals surface area contributed by atoms with Gasteiger partial charge >= 0.3 is 0 Å². The molecule has 1 saturated heterocycles. The van der Waals surface area contributed by atoms with E-state index >= 15 is 0 Å². The van der Waals surface area contributed by atoms with Crippen LogP contribution < -0.4 is 5.32 Å². The normalized spacial score (nSPS) is 24.3. The lowest BCUT2D eigenvalue weighted by Gasteiger charge is -2.44. The molecular weight excluding hydrogens is 248 g/mol. The van der Waals surface area contributed by atoms with Crippen LogP contribution in [0.15, 0.2) is 12.4 Å². The summed E-state index contributed by atoms with van der Waals surface area (Å²) in [6, 6.07) is 0.359. The van der Waals surface area contributed by atoms with E-state index in [9.17, 15) is 0 Å². The third-order valence-electron chi connectivity index (χ3n) is 5.38. The first kappa shape index (κ1) is 14.1. The SMILES string of the molecule is CCn1ccnc1C(NC)C1(N2CCCC2)CCCC1. The largest absolute Gasteiger partial charge is 0.334 e. The quantitative estimate of drug-likeness (QED) is 0.897. The first-order valence-corrected chi connectivity index (χ1v) is 8.25. The number of likely N-dealkylation sites (tertiary alicyclic amines) is 1. The summed E-state index contributed by atoms with van der Waals surface area (Å²) in [6.07, 6.45) is 12.1. The number of aryl methyl sites for hydroxylation is 1. The zero-order valence-corrected chi connectivity index (χ0v) is 12.9. The Bertz CT molecular complexity index is 427. The molecule has 4 nitrogen and oxygen atoms in total. The molecule has 0 bridgehead atoms. The number of rotatable bonds is 5.